The lowest BCUT2D eigenvalue weighted by Crippen LogP contribution is -2.33. The molecule has 0 spiro atoms. The second kappa shape index (κ2) is 8.25. The second-order valence-electron chi connectivity index (χ2n) is 4.92. The van der Waals surface area contributed by atoms with Crippen LogP contribution in [0, 0.1) is 0 Å². The highest BCUT2D eigenvalue weighted by Crippen LogP contribution is 2.08. The molecule has 2 rings (SSSR count). The number of aromatic nitrogens is 2. The number of para-hydroxylation sites is 2. The first-order valence-electron chi connectivity index (χ1n) is 7.25. The molecule has 23 heavy (non-hydrogen) atoms. The van der Waals surface area contributed by atoms with Gasteiger partial charge in [-0.15, -0.1) is 0 Å². The molecule has 8 nitrogen and oxygen atoms in total. The lowest BCUT2D eigenvalue weighted by atomic mass is 10.3. The van der Waals surface area contributed by atoms with E-state index in [1.807, 2.05) is 18.2 Å². The lowest BCUT2D eigenvalue weighted by Gasteiger charge is -2.08. The van der Waals surface area contributed by atoms with Crippen LogP contribution in [0.25, 0.3) is 11.0 Å². The van der Waals surface area contributed by atoms with Gasteiger partial charge in [-0.3, -0.25) is 4.57 Å². The van der Waals surface area contributed by atoms with E-state index in [0.717, 1.165) is 11.0 Å². The first-order chi connectivity index (χ1) is 11.0. The summed E-state index contributed by atoms with van der Waals surface area (Å²) >= 11 is 0. The molecular formula is C14H21N3O5S. The van der Waals surface area contributed by atoms with Crippen molar-refractivity contribution < 1.29 is 17.9 Å². The number of nitrogens with one attached hydrogen (secondary N) is 2. The molecule has 9 heteroatoms. The van der Waals surface area contributed by atoms with Crippen molar-refractivity contribution in [3.05, 3.63) is 34.7 Å². The van der Waals surface area contributed by atoms with Crippen molar-refractivity contribution in [2.45, 2.75) is 6.54 Å². The Morgan fingerprint density at radius 1 is 1.22 bits per heavy atom. The van der Waals surface area contributed by atoms with Crippen LogP contribution in [0.1, 0.15) is 0 Å². The fraction of sp³-hybridized carbons (Fsp3) is 0.500. The van der Waals surface area contributed by atoms with Crippen LogP contribution in [0.5, 0.6) is 0 Å². The number of hydrogen-bond donors (Lipinski definition) is 2. The van der Waals surface area contributed by atoms with E-state index < -0.39 is 10.0 Å². The van der Waals surface area contributed by atoms with Gasteiger partial charge in [0.2, 0.25) is 10.0 Å². The third kappa shape index (κ3) is 5.17. The summed E-state index contributed by atoms with van der Waals surface area (Å²) in [4.78, 5) is 14.6. The molecule has 0 atom stereocenters. The van der Waals surface area contributed by atoms with Gasteiger partial charge in [0.15, 0.2) is 0 Å². The molecule has 0 fully saturated rings. The zero-order valence-electron chi connectivity index (χ0n) is 12.9. The van der Waals surface area contributed by atoms with Gasteiger partial charge in [-0.05, 0) is 12.1 Å². The molecule has 0 aliphatic carbocycles. The Hall–Kier alpha value is -1.68. The summed E-state index contributed by atoms with van der Waals surface area (Å²) in [6.07, 6.45) is 0. The van der Waals surface area contributed by atoms with Crippen molar-refractivity contribution >= 4 is 21.1 Å². The molecule has 1 heterocycles. The number of hydrogen-bond acceptors (Lipinski definition) is 5. The predicted octanol–water partition coefficient (Wildman–Crippen LogP) is -0.0880. The van der Waals surface area contributed by atoms with E-state index in [1.54, 1.807) is 13.2 Å². The molecular weight excluding hydrogens is 322 g/mol. The maximum atomic E-state index is 11.9. The summed E-state index contributed by atoms with van der Waals surface area (Å²) in [5.74, 6) is -0.125. The summed E-state index contributed by atoms with van der Waals surface area (Å²) in [5, 5.41) is 0. The monoisotopic (exact) mass is 343 g/mol. The van der Waals surface area contributed by atoms with Gasteiger partial charge in [0, 0.05) is 20.2 Å². The van der Waals surface area contributed by atoms with Crippen LogP contribution >= 0.6 is 0 Å². The Balaban J connectivity index is 1.84. The van der Waals surface area contributed by atoms with Crippen LogP contribution in [-0.4, -0.2) is 57.2 Å². The smallest absolute Gasteiger partial charge is 0.326 e. The van der Waals surface area contributed by atoms with Crippen LogP contribution < -0.4 is 10.4 Å². The minimum absolute atomic E-state index is 0.103. The first-order valence-corrected chi connectivity index (χ1v) is 8.90. The molecule has 0 saturated heterocycles. The normalized spacial score (nSPS) is 12.0. The van der Waals surface area contributed by atoms with E-state index in [0.29, 0.717) is 13.2 Å². The molecule has 128 valence electrons. The summed E-state index contributed by atoms with van der Waals surface area (Å²) in [6.45, 7) is 1.29. The van der Waals surface area contributed by atoms with Crippen molar-refractivity contribution in [1.82, 2.24) is 14.3 Å². The number of rotatable bonds is 10. The molecule has 0 amide bonds. The van der Waals surface area contributed by atoms with Crippen molar-refractivity contribution in [1.29, 1.82) is 0 Å². The van der Waals surface area contributed by atoms with Gasteiger partial charge < -0.3 is 14.5 Å². The van der Waals surface area contributed by atoms with E-state index in [-0.39, 0.29) is 31.1 Å². The first kappa shape index (κ1) is 17.7. The number of nitrogens with zero attached hydrogens (tertiary/aromatic N) is 1. The van der Waals surface area contributed by atoms with Crippen LogP contribution in [0.3, 0.4) is 0 Å². The molecule has 0 unspecified atom stereocenters. The van der Waals surface area contributed by atoms with Crippen LogP contribution in [0.2, 0.25) is 0 Å². The Morgan fingerprint density at radius 3 is 2.78 bits per heavy atom. The number of H-pyrrole nitrogens is 1. The third-order valence-electron chi connectivity index (χ3n) is 3.27. The zero-order valence-corrected chi connectivity index (χ0v) is 13.8. The number of ether oxygens (including phenoxy) is 2. The maximum Gasteiger partial charge on any atom is 0.326 e. The van der Waals surface area contributed by atoms with Gasteiger partial charge >= 0.3 is 5.69 Å². The van der Waals surface area contributed by atoms with E-state index >= 15 is 0 Å². The second-order valence-corrected chi connectivity index (χ2v) is 6.84. The summed E-state index contributed by atoms with van der Waals surface area (Å²) in [7, 11) is -1.88. The van der Waals surface area contributed by atoms with Gasteiger partial charge in [-0.2, -0.15) is 0 Å². The molecule has 1 aromatic carbocycles. The van der Waals surface area contributed by atoms with E-state index in [2.05, 4.69) is 9.71 Å². The van der Waals surface area contributed by atoms with Gasteiger partial charge in [0.1, 0.15) is 0 Å². The minimum atomic E-state index is -3.43. The van der Waals surface area contributed by atoms with Gasteiger partial charge in [0.25, 0.3) is 0 Å². The standard InChI is InChI=1S/C14H21N3O5S/c1-21-8-9-22-10-11-23(19,20)15-6-7-17-13-5-3-2-4-12(13)16-14(17)18/h2-5,15H,6-11H2,1H3,(H,16,18). The lowest BCUT2D eigenvalue weighted by molar-refractivity contribution is 0.0784. The quantitative estimate of drug-likeness (QED) is 0.587. The molecule has 0 aliphatic rings. The maximum absolute atomic E-state index is 11.9. The van der Waals surface area contributed by atoms with E-state index in [9.17, 15) is 13.2 Å². The Bertz CT molecular complexity index is 781. The molecule has 0 radical (unpaired) electrons. The number of imidazole rings is 1. The van der Waals surface area contributed by atoms with Crippen LogP contribution in [0.15, 0.2) is 29.1 Å². The average molecular weight is 343 g/mol. The number of methoxy groups -OCH3 is 1. The number of fused-ring (bicyclic) bond motifs is 1. The average Bonchev–Trinajstić information content (AvgIpc) is 2.83. The minimum Gasteiger partial charge on any atom is -0.382 e. The number of benzene rings is 1. The molecule has 2 N–H and O–H groups in total. The molecule has 1 aromatic heterocycles. The fourth-order valence-corrected chi connectivity index (χ4v) is 3.01. The van der Waals surface area contributed by atoms with Crippen LogP contribution in [0.4, 0.5) is 0 Å². The third-order valence-corrected chi connectivity index (χ3v) is 4.62. The topological polar surface area (TPSA) is 102 Å². The summed E-state index contributed by atoms with van der Waals surface area (Å²) in [6, 6.07) is 7.27. The highest BCUT2D eigenvalue weighted by molar-refractivity contribution is 7.89. The fourth-order valence-electron chi connectivity index (χ4n) is 2.13. The molecule has 0 saturated carbocycles. The van der Waals surface area contributed by atoms with Gasteiger partial charge in [-0.1, -0.05) is 12.1 Å². The van der Waals surface area contributed by atoms with Gasteiger partial charge in [0.05, 0.1) is 36.6 Å². The van der Waals surface area contributed by atoms with Crippen molar-refractivity contribution in [2.24, 2.45) is 0 Å². The van der Waals surface area contributed by atoms with Crippen LogP contribution in [-0.2, 0) is 26.0 Å². The van der Waals surface area contributed by atoms with Crippen molar-refractivity contribution in [3.8, 4) is 0 Å². The summed E-state index contributed by atoms with van der Waals surface area (Å²) < 4.78 is 37.6. The van der Waals surface area contributed by atoms with E-state index in [4.69, 9.17) is 9.47 Å². The Labute approximate surface area is 134 Å². The molecule has 0 bridgehead atoms. The van der Waals surface area contributed by atoms with Crippen molar-refractivity contribution in [2.75, 3.05) is 39.2 Å². The van der Waals surface area contributed by atoms with Crippen molar-refractivity contribution in [3.63, 3.8) is 0 Å². The molecule has 2 aromatic rings. The largest absolute Gasteiger partial charge is 0.382 e. The predicted molar refractivity (Wildman–Crippen MR) is 87.0 cm³/mol. The molecule has 0 aliphatic heterocycles. The van der Waals surface area contributed by atoms with Gasteiger partial charge in [-0.25, -0.2) is 17.9 Å². The SMILES string of the molecule is COCCOCCS(=O)(=O)NCCn1c(=O)[nH]c2ccccc21. The highest BCUT2D eigenvalue weighted by Gasteiger charge is 2.11. The highest BCUT2D eigenvalue weighted by atomic mass is 32.2. The number of sulfonamides is 1. The Kier molecular flexibility index (Phi) is 6.34. The summed E-state index contributed by atoms with van der Waals surface area (Å²) in [5.41, 5.74) is 1.22. The Morgan fingerprint density at radius 2 is 2.00 bits per heavy atom. The number of aromatic amines is 1. The van der Waals surface area contributed by atoms with E-state index in [1.165, 1.54) is 4.57 Å². The zero-order chi connectivity index (χ0) is 16.7.